The Morgan fingerprint density at radius 1 is 1.17 bits per heavy atom. The van der Waals surface area contributed by atoms with E-state index in [9.17, 15) is 0 Å². The van der Waals surface area contributed by atoms with Crippen molar-refractivity contribution in [2.45, 2.75) is 60.1 Å². The highest BCUT2D eigenvalue weighted by atomic mass is 16.5. The summed E-state index contributed by atoms with van der Waals surface area (Å²) in [5, 5.41) is 3.44. The molecule has 1 aromatic rings. The van der Waals surface area contributed by atoms with Crippen LogP contribution in [-0.2, 0) is 0 Å². The van der Waals surface area contributed by atoms with Crippen molar-refractivity contribution in [3.63, 3.8) is 0 Å². The molecular weight excluding hydrogens is 222 g/mol. The fourth-order valence-electron chi connectivity index (χ4n) is 1.94. The van der Waals surface area contributed by atoms with Gasteiger partial charge in [0, 0.05) is 12.6 Å². The quantitative estimate of drug-likeness (QED) is 0.828. The molecule has 18 heavy (non-hydrogen) atoms. The van der Waals surface area contributed by atoms with Crippen LogP contribution in [0, 0.1) is 20.8 Å². The number of rotatable bonds is 6. The molecule has 0 radical (unpaired) electrons. The molecule has 0 saturated heterocycles. The maximum atomic E-state index is 6.14. The van der Waals surface area contributed by atoms with Gasteiger partial charge < -0.3 is 10.1 Å². The molecule has 0 aromatic heterocycles. The molecular formula is C16H27NO. The fourth-order valence-corrected chi connectivity index (χ4v) is 1.94. The zero-order chi connectivity index (χ0) is 13.7. The van der Waals surface area contributed by atoms with Crippen molar-refractivity contribution in [3.8, 4) is 5.75 Å². The highest BCUT2D eigenvalue weighted by Gasteiger charge is 2.11. The number of ether oxygens (including phenoxy) is 1. The molecule has 0 saturated carbocycles. The predicted octanol–water partition coefficient (Wildman–Crippen LogP) is 3.77. The van der Waals surface area contributed by atoms with E-state index in [0.29, 0.717) is 6.04 Å². The van der Waals surface area contributed by atoms with E-state index < -0.39 is 0 Å². The van der Waals surface area contributed by atoms with Crippen molar-refractivity contribution < 1.29 is 4.74 Å². The van der Waals surface area contributed by atoms with Crippen molar-refractivity contribution in [1.82, 2.24) is 5.32 Å². The molecule has 2 nitrogen and oxygen atoms in total. The second kappa shape index (κ2) is 6.79. The second-order valence-electron chi connectivity index (χ2n) is 5.42. The maximum Gasteiger partial charge on any atom is 0.123 e. The summed E-state index contributed by atoms with van der Waals surface area (Å²) < 4.78 is 6.14. The van der Waals surface area contributed by atoms with Crippen LogP contribution in [0.2, 0.25) is 0 Å². The molecule has 0 aliphatic carbocycles. The molecule has 102 valence electrons. The van der Waals surface area contributed by atoms with Gasteiger partial charge in [-0.1, -0.05) is 26.8 Å². The van der Waals surface area contributed by atoms with Gasteiger partial charge in [0.25, 0.3) is 0 Å². The van der Waals surface area contributed by atoms with Gasteiger partial charge in [0.05, 0.1) is 0 Å². The molecule has 1 rings (SSSR count). The average molecular weight is 249 g/mol. The van der Waals surface area contributed by atoms with Gasteiger partial charge in [0.1, 0.15) is 11.9 Å². The average Bonchev–Trinajstić information content (AvgIpc) is 2.30. The lowest BCUT2D eigenvalue weighted by Gasteiger charge is -2.22. The Labute approximate surface area is 112 Å². The van der Waals surface area contributed by atoms with Gasteiger partial charge in [-0.3, -0.25) is 0 Å². The summed E-state index contributed by atoms with van der Waals surface area (Å²) in [7, 11) is 0. The normalized spacial score (nSPS) is 12.8. The summed E-state index contributed by atoms with van der Waals surface area (Å²) in [6, 6.07) is 4.85. The first-order valence-electron chi connectivity index (χ1n) is 6.92. The Kier molecular flexibility index (Phi) is 5.67. The summed E-state index contributed by atoms with van der Waals surface area (Å²) in [6.45, 7) is 13.8. The monoisotopic (exact) mass is 249 g/mol. The van der Waals surface area contributed by atoms with Gasteiger partial charge >= 0.3 is 0 Å². The lowest BCUT2D eigenvalue weighted by Crippen LogP contribution is -2.35. The van der Waals surface area contributed by atoms with Crippen LogP contribution >= 0.6 is 0 Å². The van der Waals surface area contributed by atoms with Crippen molar-refractivity contribution in [2.75, 3.05) is 6.54 Å². The predicted molar refractivity (Wildman–Crippen MR) is 78.5 cm³/mol. The highest BCUT2D eigenvalue weighted by Crippen LogP contribution is 2.24. The topological polar surface area (TPSA) is 21.3 Å². The molecule has 1 N–H and O–H groups in total. The van der Waals surface area contributed by atoms with Crippen LogP contribution in [0.5, 0.6) is 5.75 Å². The first-order valence-corrected chi connectivity index (χ1v) is 6.92. The summed E-state index contributed by atoms with van der Waals surface area (Å²) in [6.07, 6.45) is 1.26. The molecule has 1 atom stereocenters. The van der Waals surface area contributed by atoms with Crippen LogP contribution in [0.15, 0.2) is 12.1 Å². The van der Waals surface area contributed by atoms with Gasteiger partial charge in [-0.15, -0.1) is 0 Å². The van der Waals surface area contributed by atoms with Crippen molar-refractivity contribution in [1.29, 1.82) is 0 Å². The summed E-state index contributed by atoms with van der Waals surface area (Å²) in [5.74, 6) is 1.03. The van der Waals surface area contributed by atoms with Gasteiger partial charge in [0.2, 0.25) is 0 Å². The number of nitrogens with one attached hydrogen (secondary N) is 1. The standard InChI is InChI=1S/C16H27NO/c1-7-15(10-17-11(2)3)18-16-9-12(4)8-13(5)14(16)6/h8-9,11,15,17H,7,10H2,1-6H3. The van der Waals surface area contributed by atoms with Crippen LogP contribution in [0.3, 0.4) is 0 Å². The number of benzene rings is 1. The number of aryl methyl sites for hydroxylation is 2. The zero-order valence-corrected chi connectivity index (χ0v) is 12.6. The van der Waals surface area contributed by atoms with Gasteiger partial charge in [-0.05, 0) is 49.9 Å². The Bertz CT molecular complexity index is 385. The van der Waals surface area contributed by atoms with Crippen molar-refractivity contribution >= 4 is 0 Å². The van der Waals surface area contributed by atoms with E-state index in [4.69, 9.17) is 4.74 Å². The third kappa shape index (κ3) is 4.34. The molecule has 0 heterocycles. The molecule has 2 heteroatoms. The number of hydrogen-bond donors (Lipinski definition) is 1. The Morgan fingerprint density at radius 3 is 2.39 bits per heavy atom. The van der Waals surface area contributed by atoms with E-state index >= 15 is 0 Å². The summed E-state index contributed by atoms with van der Waals surface area (Å²) in [4.78, 5) is 0. The molecule has 0 aliphatic heterocycles. The minimum Gasteiger partial charge on any atom is -0.489 e. The minimum absolute atomic E-state index is 0.243. The minimum atomic E-state index is 0.243. The van der Waals surface area contributed by atoms with E-state index in [2.05, 4.69) is 59.0 Å². The van der Waals surface area contributed by atoms with E-state index in [-0.39, 0.29) is 6.10 Å². The third-order valence-electron chi connectivity index (χ3n) is 3.27. The zero-order valence-electron chi connectivity index (χ0n) is 12.6. The van der Waals surface area contributed by atoms with Crippen LogP contribution in [0.25, 0.3) is 0 Å². The second-order valence-corrected chi connectivity index (χ2v) is 5.42. The summed E-state index contributed by atoms with van der Waals surface area (Å²) >= 11 is 0. The Balaban J connectivity index is 2.75. The SMILES string of the molecule is CCC(CNC(C)C)Oc1cc(C)cc(C)c1C. The van der Waals surface area contributed by atoms with E-state index in [1.54, 1.807) is 0 Å². The molecule has 1 unspecified atom stereocenters. The first-order chi connectivity index (χ1) is 8.43. The van der Waals surface area contributed by atoms with E-state index in [1.165, 1.54) is 16.7 Å². The molecule has 0 spiro atoms. The van der Waals surface area contributed by atoms with E-state index in [0.717, 1.165) is 18.7 Å². The molecule has 0 fully saturated rings. The molecule has 0 aliphatic rings. The van der Waals surface area contributed by atoms with Crippen LogP contribution < -0.4 is 10.1 Å². The highest BCUT2D eigenvalue weighted by molar-refractivity contribution is 5.42. The lowest BCUT2D eigenvalue weighted by molar-refractivity contribution is 0.188. The number of hydrogen-bond acceptors (Lipinski definition) is 2. The third-order valence-corrected chi connectivity index (χ3v) is 3.27. The summed E-state index contributed by atoms with van der Waals surface area (Å²) in [5.41, 5.74) is 3.82. The van der Waals surface area contributed by atoms with E-state index in [1.807, 2.05) is 0 Å². The molecule has 0 amide bonds. The smallest absolute Gasteiger partial charge is 0.123 e. The van der Waals surface area contributed by atoms with Crippen LogP contribution in [-0.4, -0.2) is 18.7 Å². The van der Waals surface area contributed by atoms with Crippen LogP contribution in [0.1, 0.15) is 43.9 Å². The first kappa shape index (κ1) is 15.0. The Morgan fingerprint density at radius 2 is 1.83 bits per heavy atom. The fraction of sp³-hybridized carbons (Fsp3) is 0.625. The van der Waals surface area contributed by atoms with Gasteiger partial charge in [0.15, 0.2) is 0 Å². The molecule has 0 bridgehead atoms. The van der Waals surface area contributed by atoms with Crippen molar-refractivity contribution in [2.24, 2.45) is 0 Å². The Hall–Kier alpha value is -1.02. The van der Waals surface area contributed by atoms with Gasteiger partial charge in [-0.2, -0.15) is 0 Å². The molecule has 1 aromatic carbocycles. The lowest BCUT2D eigenvalue weighted by atomic mass is 10.1. The maximum absolute atomic E-state index is 6.14. The van der Waals surface area contributed by atoms with Gasteiger partial charge in [-0.25, -0.2) is 0 Å². The largest absolute Gasteiger partial charge is 0.489 e. The van der Waals surface area contributed by atoms with Crippen molar-refractivity contribution in [3.05, 3.63) is 28.8 Å². The van der Waals surface area contributed by atoms with Crippen LogP contribution in [0.4, 0.5) is 0 Å².